The molecular weight excluding hydrogens is 166 g/mol. The number of carbonyl (C=O) groups excluding carboxylic acids is 1. The van der Waals surface area contributed by atoms with Gasteiger partial charge in [-0.15, -0.1) is 0 Å². The first-order valence-electron chi connectivity index (χ1n) is 4.50. The fourth-order valence-electron chi connectivity index (χ4n) is 1.68. The topological polar surface area (TPSA) is 56.1 Å². The van der Waals surface area contributed by atoms with Gasteiger partial charge in [0.05, 0.1) is 6.07 Å². The van der Waals surface area contributed by atoms with Crippen LogP contribution in [-0.4, -0.2) is 25.0 Å². The number of nitrogens with zero attached hydrogens (tertiary/aromatic N) is 2. The first-order chi connectivity index (χ1) is 6.10. The van der Waals surface area contributed by atoms with Crippen molar-refractivity contribution >= 4 is 5.91 Å². The zero-order valence-corrected chi connectivity index (χ0v) is 8.13. The summed E-state index contributed by atoms with van der Waals surface area (Å²) in [6.07, 6.45) is 3.36. The lowest BCUT2D eigenvalue weighted by atomic mass is 9.87. The summed E-state index contributed by atoms with van der Waals surface area (Å²) in [5.41, 5.74) is 1.89. The normalized spacial score (nSPS) is 19.8. The molecule has 1 saturated carbocycles. The van der Waals surface area contributed by atoms with E-state index in [4.69, 9.17) is 5.26 Å². The molecule has 1 rings (SSSR count). The highest BCUT2D eigenvalue weighted by Crippen LogP contribution is 2.37. The van der Waals surface area contributed by atoms with Crippen molar-refractivity contribution in [2.45, 2.75) is 25.7 Å². The quantitative estimate of drug-likeness (QED) is 0.637. The van der Waals surface area contributed by atoms with E-state index in [0.717, 1.165) is 12.8 Å². The maximum Gasteiger partial charge on any atom is 0.254 e. The molecule has 0 heterocycles. The Morgan fingerprint density at radius 3 is 2.38 bits per heavy atom. The molecule has 0 spiro atoms. The molecule has 1 aliphatic rings. The molecule has 0 radical (unpaired) electrons. The molecule has 1 fully saturated rings. The molecule has 13 heavy (non-hydrogen) atoms. The van der Waals surface area contributed by atoms with Crippen molar-refractivity contribution in [2.75, 3.05) is 14.1 Å². The van der Waals surface area contributed by atoms with E-state index < -0.39 is 5.41 Å². The summed E-state index contributed by atoms with van der Waals surface area (Å²) in [5.74, 6) is -0.155. The number of rotatable bonds is 2. The summed E-state index contributed by atoms with van der Waals surface area (Å²) in [5, 5.41) is 10.6. The van der Waals surface area contributed by atoms with Crippen molar-refractivity contribution < 1.29 is 4.79 Å². The Morgan fingerprint density at radius 2 is 2.00 bits per heavy atom. The molecule has 0 saturated heterocycles. The molecule has 0 aromatic rings. The molecule has 0 aromatic carbocycles. The zero-order valence-electron chi connectivity index (χ0n) is 8.13. The minimum absolute atomic E-state index is 0.155. The van der Waals surface area contributed by atoms with Gasteiger partial charge in [0.1, 0.15) is 5.41 Å². The third kappa shape index (κ3) is 1.99. The molecule has 0 atom stereocenters. The maximum absolute atomic E-state index is 11.6. The van der Waals surface area contributed by atoms with E-state index in [0.29, 0.717) is 12.8 Å². The Hall–Kier alpha value is -1.08. The van der Waals surface area contributed by atoms with Gasteiger partial charge < -0.3 is 0 Å². The zero-order chi connectivity index (χ0) is 9.90. The molecule has 4 nitrogen and oxygen atoms in total. The lowest BCUT2D eigenvalue weighted by Gasteiger charge is -2.22. The maximum atomic E-state index is 11.6. The van der Waals surface area contributed by atoms with Gasteiger partial charge in [0.15, 0.2) is 0 Å². The Balaban J connectivity index is 2.67. The molecule has 1 aliphatic carbocycles. The van der Waals surface area contributed by atoms with Gasteiger partial charge in [-0.3, -0.25) is 10.2 Å². The fraction of sp³-hybridized carbons (Fsp3) is 0.778. The molecule has 0 bridgehead atoms. The number of hydrogen-bond donors (Lipinski definition) is 1. The highest BCUT2D eigenvalue weighted by Gasteiger charge is 2.41. The first-order valence-corrected chi connectivity index (χ1v) is 4.50. The van der Waals surface area contributed by atoms with Gasteiger partial charge in [0, 0.05) is 14.1 Å². The first kappa shape index (κ1) is 10.0. The predicted octanol–water partition coefficient (Wildman–Crippen LogP) is 0.663. The molecule has 4 heteroatoms. The van der Waals surface area contributed by atoms with Gasteiger partial charge >= 0.3 is 0 Å². The second-order valence-electron chi connectivity index (χ2n) is 3.74. The minimum Gasteiger partial charge on any atom is -0.288 e. The van der Waals surface area contributed by atoms with Gasteiger partial charge in [-0.2, -0.15) is 5.26 Å². The summed E-state index contributed by atoms with van der Waals surface area (Å²) >= 11 is 0. The Labute approximate surface area is 78.5 Å². The van der Waals surface area contributed by atoms with Crippen LogP contribution in [0.2, 0.25) is 0 Å². The van der Waals surface area contributed by atoms with E-state index in [1.54, 1.807) is 19.1 Å². The van der Waals surface area contributed by atoms with Crippen molar-refractivity contribution in [3.05, 3.63) is 0 Å². The second kappa shape index (κ2) is 3.75. The number of carbonyl (C=O) groups is 1. The van der Waals surface area contributed by atoms with Crippen molar-refractivity contribution in [3.63, 3.8) is 0 Å². The molecule has 1 amide bonds. The number of hydrazine groups is 1. The summed E-state index contributed by atoms with van der Waals surface area (Å²) in [4.78, 5) is 11.6. The molecule has 72 valence electrons. The van der Waals surface area contributed by atoms with Crippen LogP contribution >= 0.6 is 0 Å². The number of nitriles is 1. The Kier molecular flexibility index (Phi) is 2.89. The summed E-state index contributed by atoms with van der Waals surface area (Å²) < 4.78 is 0. The van der Waals surface area contributed by atoms with E-state index in [-0.39, 0.29) is 5.91 Å². The van der Waals surface area contributed by atoms with Crippen LogP contribution in [-0.2, 0) is 4.79 Å². The smallest absolute Gasteiger partial charge is 0.254 e. The predicted molar refractivity (Wildman–Crippen MR) is 48.3 cm³/mol. The van der Waals surface area contributed by atoms with Gasteiger partial charge in [0.2, 0.25) is 0 Å². The van der Waals surface area contributed by atoms with Crippen LogP contribution in [0.4, 0.5) is 0 Å². The average molecular weight is 181 g/mol. The van der Waals surface area contributed by atoms with Crippen LogP contribution in [0.3, 0.4) is 0 Å². The van der Waals surface area contributed by atoms with Gasteiger partial charge in [-0.25, -0.2) is 5.01 Å². The fourth-order valence-corrected chi connectivity index (χ4v) is 1.68. The van der Waals surface area contributed by atoms with Crippen LogP contribution in [0.15, 0.2) is 0 Å². The van der Waals surface area contributed by atoms with Crippen molar-refractivity contribution in [1.29, 1.82) is 5.26 Å². The number of nitrogens with one attached hydrogen (secondary N) is 1. The summed E-state index contributed by atoms with van der Waals surface area (Å²) in [6.45, 7) is 0. The van der Waals surface area contributed by atoms with E-state index in [1.165, 1.54) is 0 Å². The third-order valence-corrected chi connectivity index (χ3v) is 2.43. The van der Waals surface area contributed by atoms with E-state index in [2.05, 4.69) is 11.5 Å². The van der Waals surface area contributed by atoms with Crippen LogP contribution in [0.5, 0.6) is 0 Å². The highest BCUT2D eigenvalue weighted by atomic mass is 16.2. The lowest BCUT2D eigenvalue weighted by molar-refractivity contribution is -0.131. The van der Waals surface area contributed by atoms with E-state index >= 15 is 0 Å². The standard InChI is InChI=1S/C9H15N3O/c1-12(2)11-8(13)9(7-10)5-3-4-6-9/h3-6H2,1-2H3,(H,11,13). The van der Waals surface area contributed by atoms with Crippen molar-refractivity contribution in [2.24, 2.45) is 5.41 Å². The van der Waals surface area contributed by atoms with Crippen LogP contribution in [0.1, 0.15) is 25.7 Å². The van der Waals surface area contributed by atoms with Crippen LogP contribution in [0, 0.1) is 16.7 Å². The van der Waals surface area contributed by atoms with E-state index in [1.807, 2.05) is 0 Å². The summed E-state index contributed by atoms with van der Waals surface area (Å²) in [7, 11) is 3.50. The van der Waals surface area contributed by atoms with Crippen molar-refractivity contribution in [1.82, 2.24) is 10.4 Å². The Morgan fingerprint density at radius 1 is 1.46 bits per heavy atom. The second-order valence-corrected chi connectivity index (χ2v) is 3.74. The molecule has 0 unspecified atom stereocenters. The number of hydrogen-bond acceptors (Lipinski definition) is 3. The molecule has 1 N–H and O–H groups in total. The van der Waals surface area contributed by atoms with Crippen molar-refractivity contribution in [3.8, 4) is 6.07 Å². The van der Waals surface area contributed by atoms with E-state index in [9.17, 15) is 4.79 Å². The molecule has 0 aliphatic heterocycles. The van der Waals surface area contributed by atoms with Crippen LogP contribution in [0.25, 0.3) is 0 Å². The van der Waals surface area contributed by atoms with Gasteiger partial charge in [0.25, 0.3) is 5.91 Å². The van der Waals surface area contributed by atoms with Crippen LogP contribution < -0.4 is 5.43 Å². The highest BCUT2D eigenvalue weighted by molar-refractivity contribution is 5.85. The monoisotopic (exact) mass is 181 g/mol. The SMILES string of the molecule is CN(C)NC(=O)C1(C#N)CCCC1. The Bertz CT molecular complexity index is 236. The third-order valence-electron chi connectivity index (χ3n) is 2.43. The lowest BCUT2D eigenvalue weighted by Crippen LogP contribution is -2.44. The summed E-state index contributed by atoms with van der Waals surface area (Å²) in [6, 6.07) is 2.14. The average Bonchev–Trinajstić information content (AvgIpc) is 2.51. The largest absolute Gasteiger partial charge is 0.288 e. The van der Waals surface area contributed by atoms with Gasteiger partial charge in [-0.05, 0) is 12.8 Å². The number of amides is 1. The minimum atomic E-state index is -0.760. The van der Waals surface area contributed by atoms with Gasteiger partial charge in [-0.1, -0.05) is 12.8 Å². The molecule has 0 aromatic heterocycles. The molecular formula is C9H15N3O.